The fraction of sp³-hybridized carbons (Fsp3) is 0.259. The van der Waals surface area contributed by atoms with Crippen LogP contribution in [0.15, 0.2) is 60.8 Å². The number of carbonyl (C=O) groups excluding carboxylic acids is 1. The summed E-state index contributed by atoms with van der Waals surface area (Å²) in [5.41, 5.74) is 2.16. The Kier molecular flexibility index (Phi) is 8.02. The van der Waals surface area contributed by atoms with E-state index in [0.29, 0.717) is 25.1 Å². The van der Waals surface area contributed by atoms with E-state index < -0.39 is 24.8 Å². The van der Waals surface area contributed by atoms with Crippen molar-refractivity contribution in [3.8, 4) is 18.0 Å². The van der Waals surface area contributed by atoms with Crippen molar-refractivity contribution in [3.05, 3.63) is 94.4 Å². The fourth-order valence-corrected chi connectivity index (χ4v) is 4.31. The summed E-state index contributed by atoms with van der Waals surface area (Å²) in [6.45, 7) is 0.311. The van der Waals surface area contributed by atoms with Crippen LogP contribution in [0.5, 0.6) is 5.88 Å². The second kappa shape index (κ2) is 11.5. The van der Waals surface area contributed by atoms with E-state index in [1.54, 1.807) is 24.4 Å². The third-order valence-corrected chi connectivity index (χ3v) is 6.05. The van der Waals surface area contributed by atoms with Crippen LogP contribution in [0.25, 0.3) is 0 Å². The van der Waals surface area contributed by atoms with E-state index in [1.807, 2.05) is 18.2 Å². The average Bonchev–Trinajstić information content (AvgIpc) is 3.36. The molecular weight excluding hydrogens is 483 g/mol. The van der Waals surface area contributed by atoms with Gasteiger partial charge in [0.15, 0.2) is 6.61 Å². The number of benzene rings is 2. The first-order valence-electron chi connectivity index (χ1n) is 11.5. The Morgan fingerprint density at radius 3 is 2.41 bits per heavy atom. The maximum absolute atomic E-state index is 14.3. The molecule has 1 amide bonds. The SMILES string of the molecule is N#Cc1ccc([C@H](c2ccc(OCC(F)F)nc2)N2CCC(NC(=O)c3ccc(C#N)cc3F)C2)cc1. The molecule has 0 radical (unpaired) electrons. The summed E-state index contributed by atoms with van der Waals surface area (Å²) in [5.74, 6) is -1.24. The summed E-state index contributed by atoms with van der Waals surface area (Å²) in [6.07, 6.45) is -0.441. The smallest absolute Gasteiger partial charge is 0.272 e. The molecule has 7 nitrogen and oxygen atoms in total. The highest BCUT2D eigenvalue weighted by atomic mass is 19.3. The summed E-state index contributed by atoms with van der Waals surface area (Å²) >= 11 is 0. The molecule has 1 saturated heterocycles. The highest BCUT2D eigenvalue weighted by molar-refractivity contribution is 5.94. The maximum atomic E-state index is 14.3. The van der Waals surface area contributed by atoms with Crippen LogP contribution in [-0.4, -0.2) is 48.0 Å². The summed E-state index contributed by atoms with van der Waals surface area (Å²) in [7, 11) is 0. The quantitative estimate of drug-likeness (QED) is 0.492. The molecule has 1 unspecified atom stereocenters. The summed E-state index contributed by atoms with van der Waals surface area (Å²) in [5, 5.41) is 20.9. The topological polar surface area (TPSA) is 102 Å². The molecule has 1 N–H and O–H groups in total. The van der Waals surface area contributed by atoms with Gasteiger partial charge in [-0.1, -0.05) is 18.2 Å². The van der Waals surface area contributed by atoms with Gasteiger partial charge in [0.2, 0.25) is 5.88 Å². The van der Waals surface area contributed by atoms with Crippen LogP contribution in [0.3, 0.4) is 0 Å². The Bertz CT molecular complexity index is 1330. The van der Waals surface area contributed by atoms with E-state index in [9.17, 15) is 18.0 Å². The minimum Gasteiger partial charge on any atom is -0.472 e. The van der Waals surface area contributed by atoms with Crippen molar-refractivity contribution >= 4 is 5.91 Å². The molecule has 0 bridgehead atoms. The van der Waals surface area contributed by atoms with E-state index in [2.05, 4.69) is 21.3 Å². The van der Waals surface area contributed by atoms with Gasteiger partial charge in [0, 0.05) is 31.4 Å². The minimum absolute atomic E-state index is 0.0821. The van der Waals surface area contributed by atoms with E-state index in [4.69, 9.17) is 15.3 Å². The van der Waals surface area contributed by atoms with E-state index in [0.717, 1.165) is 17.2 Å². The molecule has 4 rings (SSSR count). The van der Waals surface area contributed by atoms with Gasteiger partial charge in [-0.3, -0.25) is 9.69 Å². The predicted molar refractivity (Wildman–Crippen MR) is 127 cm³/mol. The molecule has 0 saturated carbocycles. The first kappa shape index (κ1) is 25.7. The Labute approximate surface area is 211 Å². The Hall–Kier alpha value is -4.41. The number of ether oxygens (including phenoxy) is 1. The zero-order valence-electron chi connectivity index (χ0n) is 19.6. The lowest BCUT2D eigenvalue weighted by atomic mass is 9.97. The number of carbonyl (C=O) groups is 1. The molecule has 188 valence electrons. The molecule has 1 aliphatic rings. The van der Waals surface area contributed by atoms with Crippen LogP contribution in [0.1, 0.15) is 45.1 Å². The number of nitrogens with zero attached hydrogens (tertiary/aromatic N) is 4. The van der Waals surface area contributed by atoms with E-state index in [1.165, 1.54) is 18.2 Å². The Balaban J connectivity index is 1.52. The molecule has 2 atom stereocenters. The second-order valence-corrected chi connectivity index (χ2v) is 8.53. The van der Waals surface area contributed by atoms with Gasteiger partial charge in [0.25, 0.3) is 12.3 Å². The van der Waals surface area contributed by atoms with Crippen LogP contribution >= 0.6 is 0 Å². The number of halogens is 3. The molecule has 1 fully saturated rings. The average molecular weight is 506 g/mol. The zero-order chi connectivity index (χ0) is 26.4. The third-order valence-electron chi connectivity index (χ3n) is 6.05. The van der Waals surface area contributed by atoms with Gasteiger partial charge in [-0.05, 0) is 47.9 Å². The molecule has 1 aromatic heterocycles. The van der Waals surface area contributed by atoms with Crippen LogP contribution in [0, 0.1) is 28.5 Å². The number of hydrogen-bond acceptors (Lipinski definition) is 6. The maximum Gasteiger partial charge on any atom is 0.272 e. The van der Waals surface area contributed by atoms with E-state index >= 15 is 0 Å². The number of nitriles is 2. The molecule has 0 aliphatic carbocycles. The van der Waals surface area contributed by atoms with Gasteiger partial charge in [-0.2, -0.15) is 10.5 Å². The molecule has 2 aromatic carbocycles. The van der Waals surface area contributed by atoms with Crippen molar-refractivity contribution in [1.82, 2.24) is 15.2 Å². The van der Waals surface area contributed by atoms with Crippen LogP contribution in [0.4, 0.5) is 13.2 Å². The largest absolute Gasteiger partial charge is 0.472 e. The molecule has 3 aromatic rings. The number of nitrogens with one attached hydrogen (secondary N) is 1. The van der Waals surface area contributed by atoms with Crippen molar-refractivity contribution < 1.29 is 22.7 Å². The highest BCUT2D eigenvalue weighted by Gasteiger charge is 2.32. The number of rotatable bonds is 8. The summed E-state index contributed by atoms with van der Waals surface area (Å²) < 4.78 is 44.2. The number of likely N-dealkylation sites (tertiary alicyclic amines) is 1. The number of hydrogen-bond donors (Lipinski definition) is 1. The predicted octanol–water partition coefficient (Wildman–Crippen LogP) is 4.20. The Morgan fingerprint density at radius 2 is 1.78 bits per heavy atom. The fourth-order valence-electron chi connectivity index (χ4n) is 4.31. The molecule has 0 spiro atoms. The lowest BCUT2D eigenvalue weighted by molar-refractivity contribution is 0.0795. The summed E-state index contributed by atoms with van der Waals surface area (Å²) in [4.78, 5) is 19.0. The third kappa shape index (κ3) is 6.24. The second-order valence-electron chi connectivity index (χ2n) is 8.53. The lowest BCUT2D eigenvalue weighted by Crippen LogP contribution is -2.38. The molecule has 2 heterocycles. The minimum atomic E-state index is -2.61. The van der Waals surface area contributed by atoms with Gasteiger partial charge >= 0.3 is 0 Å². The van der Waals surface area contributed by atoms with Gasteiger partial charge in [-0.15, -0.1) is 0 Å². The monoisotopic (exact) mass is 505 g/mol. The van der Waals surface area contributed by atoms with Crippen molar-refractivity contribution in [3.63, 3.8) is 0 Å². The first-order chi connectivity index (χ1) is 17.9. The summed E-state index contributed by atoms with van der Waals surface area (Å²) in [6, 6.07) is 17.4. The number of amides is 1. The van der Waals surface area contributed by atoms with E-state index in [-0.39, 0.29) is 29.1 Å². The van der Waals surface area contributed by atoms with Gasteiger partial charge < -0.3 is 10.1 Å². The highest BCUT2D eigenvalue weighted by Crippen LogP contribution is 2.32. The number of pyridine rings is 1. The van der Waals surface area contributed by atoms with Crippen LogP contribution in [0.2, 0.25) is 0 Å². The molecule has 1 aliphatic heterocycles. The van der Waals surface area contributed by atoms with Gasteiger partial charge in [0.1, 0.15) is 5.82 Å². The van der Waals surface area contributed by atoms with Crippen LogP contribution in [-0.2, 0) is 0 Å². The van der Waals surface area contributed by atoms with Gasteiger partial charge in [0.05, 0.1) is 34.9 Å². The Morgan fingerprint density at radius 1 is 1.08 bits per heavy atom. The van der Waals surface area contributed by atoms with Crippen molar-refractivity contribution in [2.24, 2.45) is 0 Å². The molecular formula is C27H22F3N5O2. The molecule has 10 heteroatoms. The van der Waals surface area contributed by atoms with Gasteiger partial charge in [-0.25, -0.2) is 18.2 Å². The van der Waals surface area contributed by atoms with Crippen molar-refractivity contribution in [1.29, 1.82) is 10.5 Å². The normalized spacial score (nSPS) is 16.1. The molecule has 37 heavy (non-hydrogen) atoms. The lowest BCUT2D eigenvalue weighted by Gasteiger charge is -2.29. The van der Waals surface area contributed by atoms with Crippen LogP contribution < -0.4 is 10.1 Å². The first-order valence-corrected chi connectivity index (χ1v) is 11.5. The standard InChI is InChI=1S/C27H22F3N5O2/c28-23-11-18(13-32)3-7-22(23)27(36)34-21-9-10-35(15-21)26(19-4-1-17(12-31)2-5-19)20-6-8-25(33-14-20)37-16-24(29)30/h1-8,11,14,21,24,26H,9-10,15-16H2,(H,34,36)/t21?,26-/m1/s1. The van der Waals surface area contributed by atoms with Crippen molar-refractivity contribution in [2.75, 3.05) is 19.7 Å². The van der Waals surface area contributed by atoms with Crippen molar-refractivity contribution in [2.45, 2.75) is 24.9 Å². The number of aromatic nitrogens is 1. The number of alkyl halides is 2. The zero-order valence-corrected chi connectivity index (χ0v) is 19.6.